The number of hydrogen-bond acceptors (Lipinski definition) is 5. The third-order valence-electron chi connectivity index (χ3n) is 8.39. The summed E-state index contributed by atoms with van der Waals surface area (Å²) in [6.07, 6.45) is 1.87. The number of nitrogens with one attached hydrogen (secondary N) is 1. The number of halogens is 1. The fraction of sp³-hybridized carbons (Fsp3) is 0.220. The number of aryl methyl sites for hydroxylation is 1. The monoisotopic (exact) mass is 723 g/mol. The standard InChI is InChI=1S/C41H42ClN3O5S/c1-3-4-27-43-41(47)39(28-32-13-7-5-8-14-32)44(29-33-15-11-12-18-38(33)42)40(46)30-45(51(48,49)37-25-19-31(2)20-26-37)34-21-23-36(24-22-34)50-35-16-9-6-10-17-35/h5-26,39H,3-4,27-30H2,1-2H3,(H,43,47)/t39-/m0/s1. The summed E-state index contributed by atoms with van der Waals surface area (Å²) in [4.78, 5) is 30.1. The second-order valence-corrected chi connectivity index (χ2v) is 14.5. The highest BCUT2D eigenvalue weighted by molar-refractivity contribution is 7.92. The fourth-order valence-electron chi connectivity index (χ4n) is 5.54. The molecule has 1 atom stereocenters. The van der Waals surface area contributed by atoms with Gasteiger partial charge in [0.15, 0.2) is 0 Å². The highest BCUT2D eigenvalue weighted by Gasteiger charge is 2.35. The molecule has 0 fully saturated rings. The molecule has 0 aromatic heterocycles. The molecule has 0 radical (unpaired) electrons. The smallest absolute Gasteiger partial charge is 0.264 e. The van der Waals surface area contributed by atoms with Gasteiger partial charge in [0.1, 0.15) is 24.1 Å². The lowest BCUT2D eigenvalue weighted by Crippen LogP contribution is -2.53. The van der Waals surface area contributed by atoms with E-state index < -0.39 is 28.5 Å². The van der Waals surface area contributed by atoms with E-state index in [4.69, 9.17) is 16.3 Å². The van der Waals surface area contributed by atoms with Crippen molar-refractivity contribution in [2.75, 3.05) is 17.4 Å². The van der Waals surface area contributed by atoms with Gasteiger partial charge in [-0.05, 0) is 79.1 Å². The summed E-state index contributed by atoms with van der Waals surface area (Å²) in [6, 6.07) is 37.8. The first-order chi connectivity index (χ1) is 24.7. The first-order valence-electron chi connectivity index (χ1n) is 16.9. The zero-order valence-electron chi connectivity index (χ0n) is 28.7. The molecule has 0 spiro atoms. The van der Waals surface area contributed by atoms with Crippen molar-refractivity contribution in [3.8, 4) is 11.5 Å². The second kappa shape index (κ2) is 17.7. The van der Waals surface area contributed by atoms with Gasteiger partial charge in [-0.2, -0.15) is 0 Å². The van der Waals surface area contributed by atoms with Crippen molar-refractivity contribution in [2.45, 2.75) is 50.6 Å². The maximum absolute atomic E-state index is 14.7. The molecule has 5 aromatic carbocycles. The van der Waals surface area contributed by atoms with Crippen LogP contribution in [0.15, 0.2) is 138 Å². The number of para-hydroxylation sites is 1. The van der Waals surface area contributed by atoms with E-state index in [9.17, 15) is 18.0 Å². The first kappa shape index (κ1) is 37.1. The van der Waals surface area contributed by atoms with Gasteiger partial charge in [-0.3, -0.25) is 13.9 Å². The van der Waals surface area contributed by atoms with E-state index in [0.29, 0.717) is 28.6 Å². The Bertz CT molecular complexity index is 1990. The average molecular weight is 724 g/mol. The third kappa shape index (κ3) is 9.99. The molecule has 0 aliphatic rings. The molecule has 10 heteroatoms. The predicted octanol–water partition coefficient (Wildman–Crippen LogP) is 8.19. The molecule has 0 bridgehead atoms. The quantitative estimate of drug-likeness (QED) is 0.104. The van der Waals surface area contributed by atoms with E-state index >= 15 is 0 Å². The van der Waals surface area contributed by atoms with Gasteiger partial charge in [-0.25, -0.2) is 8.42 Å². The Balaban J connectivity index is 1.55. The van der Waals surface area contributed by atoms with Gasteiger partial charge in [0, 0.05) is 24.5 Å². The molecule has 5 rings (SSSR count). The van der Waals surface area contributed by atoms with Crippen molar-refractivity contribution in [1.82, 2.24) is 10.2 Å². The van der Waals surface area contributed by atoms with Crippen molar-refractivity contribution < 1.29 is 22.7 Å². The van der Waals surface area contributed by atoms with Crippen molar-refractivity contribution in [1.29, 1.82) is 0 Å². The summed E-state index contributed by atoms with van der Waals surface area (Å²) in [5.41, 5.74) is 2.63. The Morgan fingerprint density at radius 1 is 0.784 bits per heavy atom. The van der Waals surface area contributed by atoms with E-state index in [0.717, 1.165) is 28.3 Å². The van der Waals surface area contributed by atoms with Crippen LogP contribution in [0, 0.1) is 6.92 Å². The van der Waals surface area contributed by atoms with Crippen LogP contribution in [0.5, 0.6) is 11.5 Å². The topological polar surface area (TPSA) is 96.0 Å². The second-order valence-electron chi connectivity index (χ2n) is 12.2. The number of amides is 2. The van der Waals surface area contributed by atoms with Crippen LogP contribution in [0.2, 0.25) is 5.02 Å². The van der Waals surface area contributed by atoms with Crippen LogP contribution in [0.1, 0.15) is 36.5 Å². The molecule has 0 heterocycles. The lowest BCUT2D eigenvalue weighted by atomic mass is 10.0. The highest BCUT2D eigenvalue weighted by Crippen LogP contribution is 2.29. The zero-order valence-corrected chi connectivity index (χ0v) is 30.3. The molecule has 0 saturated heterocycles. The summed E-state index contributed by atoms with van der Waals surface area (Å²) >= 11 is 6.60. The summed E-state index contributed by atoms with van der Waals surface area (Å²) < 4.78 is 35.8. The Hall–Kier alpha value is -5.12. The number of unbranched alkanes of at least 4 members (excludes halogenated alkanes) is 1. The number of anilines is 1. The lowest BCUT2D eigenvalue weighted by Gasteiger charge is -2.34. The van der Waals surface area contributed by atoms with Gasteiger partial charge in [0.25, 0.3) is 10.0 Å². The Morgan fingerprint density at radius 3 is 2.04 bits per heavy atom. The molecular weight excluding hydrogens is 682 g/mol. The molecule has 0 aliphatic carbocycles. The first-order valence-corrected chi connectivity index (χ1v) is 18.7. The van der Waals surface area contributed by atoms with Gasteiger partial charge in [-0.1, -0.05) is 109 Å². The Morgan fingerprint density at radius 2 is 1.39 bits per heavy atom. The molecule has 5 aromatic rings. The van der Waals surface area contributed by atoms with Crippen LogP contribution in [-0.2, 0) is 32.6 Å². The van der Waals surface area contributed by atoms with Crippen molar-refractivity contribution >= 4 is 39.1 Å². The molecule has 51 heavy (non-hydrogen) atoms. The number of carbonyl (C=O) groups is 2. The van der Waals surface area contributed by atoms with Gasteiger partial charge in [0.05, 0.1) is 10.6 Å². The largest absolute Gasteiger partial charge is 0.457 e. The summed E-state index contributed by atoms with van der Waals surface area (Å²) in [6.45, 7) is 3.76. The van der Waals surface area contributed by atoms with Gasteiger partial charge < -0.3 is 15.0 Å². The van der Waals surface area contributed by atoms with Gasteiger partial charge in [-0.15, -0.1) is 0 Å². The number of nitrogens with zero attached hydrogens (tertiary/aromatic N) is 2. The van der Waals surface area contributed by atoms with E-state index in [2.05, 4.69) is 5.32 Å². The molecule has 2 amide bonds. The summed E-state index contributed by atoms with van der Waals surface area (Å²) in [5, 5.41) is 3.43. The van der Waals surface area contributed by atoms with Crippen molar-refractivity contribution in [2.24, 2.45) is 0 Å². The van der Waals surface area contributed by atoms with Crippen LogP contribution in [0.25, 0.3) is 0 Å². The van der Waals surface area contributed by atoms with E-state index in [1.807, 2.05) is 80.6 Å². The normalized spacial score (nSPS) is 11.7. The predicted molar refractivity (Wildman–Crippen MR) is 203 cm³/mol. The maximum atomic E-state index is 14.7. The summed E-state index contributed by atoms with van der Waals surface area (Å²) in [7, 11) is -4.26. The SMILES string of the molecule is CCCCNC(=O)[C@H](Cc1ccccc1)N(Cc1ccccc1Cl)C(=O)CN(c1ccc(Oc2ccccc2)cc1)S(=O)(=O)c1ccc(C)cc1. The Kier molecular flexibility index (Phi) is 12.9. The highest BCUT2D eigenvalue weighted by atomic mass is 35.5. The van der Waals surface area contributed by atoms with Crippen LogP contribution in [0.4, 0.5) is 5.69 Å². The minimum absolute atomic E-state index is 0.0144. The Labute approximate surface area is 305 Å². The van der Waals surface area contributed by atoms with Crippen LogP contribution >= 0.6 is 11.6 Å². The van der Waals surface area contributed by atoms with Crippen molar-refractivity contribution in [3.05, 3.63) is 155 Å². The van der Waals surface area contributed by atoms with Gasteiger partial charge >= 0.3 is 0 Å². The van der Waals surface area contributed by atoms with E-state index in [-0.39, 0.29) is 29.5 Å². The number of rotatable bonds is 16. The molecule has 0 saturated carbocycles. The lowest BCUT2D eigenvalue weighted by molar-refractivity contribution is -0.140. The number of ether oxygens (including phenoxy) is 1. The average Bonchev–Trinajstić information content (AvgIpc) is 3.14. The van der Waals surface area contributed by atoms with Crippen LogP contribution < -0.4 is 14.4 Å². The minimum Gasteiger partial charge on any atom is -0.457 e. The number of carbonyl (C=O) groups excluding carboxylic acids is 2. The van der Waals surface area contributed by atoms with Crippen LogP contribution in [0.3, 0.4) is 0 Å². The molecule has 0 aliphatic heterocycles. The summed E-state index contributed by atoms with van der Waals surface area (Å²) in [5.74, 6) is 0.224. The fourth-order valence-corrected chi connectivity index (χ4v) is 7.15. The molecule has 0 unspecified atom stereocenters. The van der Waals surface area contributed by atoms with E-state index in [1.54, 1.807) is 54.6 Å². The van der Waals surface area contributed by atoms with Crippen LogP contribution in [-0.4, -0.2) is 44.3 Å². The molecule has 264 valence electrons. The third-order valence-corrected chi connectivity index (χ3v) is 10.5. The molecular formula is C41H42ClN3O5S. The van der Waals surface area contributed by atoms with Crippen molar-refractivity contribution in [3.63, 3.8) is 0 Å². The molecule has 8 nitrogen and oxygen atoms in total. The number of benzene rings is 5. The number of hydrogen-bond donors (Lipinski definition) is 1. The zero-order chi connectivity index (χ0) is 36.2. The number of sulfonamides is 1. The minimum atomic E-state index is -4.26. The van der Waals surface area contributed by atoms with Gasteiger partial charge in [0.2, 0.25) is 11.8 Å². The maximum Gasteiger partial charge on any atom is 0.264 e. The van der Waals surface area contributed by atoms with E-state index in [1.165, 1.54) is 17.0 Å². The molecule has 1 N–H and O–H groups in total.